The lowest BCUT2D eigenvalue weighted by molar-refractivity contribution is -0.130. The van der Waals surface area contributed by atoms with Crippen LogP contribution >= 0.6 is 0 Å². The molecule has 0 saturated carbocycles. The van der Waals surface area contributed by atoms with Gasteiger partial charge in [-0.05, 0) is 26.2 Å². The Morgan fingerprint density at radius 3 is 3.05 bits per heavy atom. The molecule has 0 bridgehead atoms. The van der Waals surface area contributed by atoms with E-state index >= 15 is 0 Å². The molecule has 1 aromatic heterocycles. The zero-order valence-electron chi connectivity index (χ0n) is 12.1. The van der Waals surface area contributed by atoms with Gasteiger partial charge in [-0.15, -0.1) is 0 Å². The average Bonchev–Trinajstić information content (AvgIpc) is 3.09. The molecule has 2 heterocycles. The first-order chi connectivity index (χ1) is 9.72. The van der Waals surface area contributed by atoms with Crippen molar-refractivity contribution in [3.8, 4) is 0 Å². The molecule has 108 valence electrons. The highest BCUT2D eigenvalue weighted by molar-refractivity contribution is 5.94. The zero-order valence-corrected chi connectivity index (χ0v) is 12.1. The normalized spacial score (nSPS) is 21.8. The number of rotatable bonds is 3. The highest BCUT2D eigenvalue weighted by Gasteiger charge is 2.31. The van der Waals surface area contributed by atoms with Gasteiger partial charge in [-0.1, -0.05) is 6.08 Å². The lowest BCUT2D eigenvalue weighted by Crippen LogP contribution is -2.42. The fraction of sp³-hybridized carbons (Fsp3) is 0.600. The number of hydrogen-bond donors (Lipinski definition) is 0. The van der Waals surface area contributed by atoms with Crippen LogP contribution in [0.1, 0.15) is 43.7 Å². The number of fused-ring (bicyclic) bond motifs is 1. The maximum Gasteiger partial charge on any atom is 0.250 e. The van der Waals surface area contributed by atoms with Gasteiger partial charge in [0.25, 0.3) is 0 Å². The van der Waals surface area contributed by atoms with Crippen molar-refractivity contribution in [2.75, 3.05) is 13.7 Å². The van der Waals surface area contributed by atoms with E-state index in [0.717, 1.165) is 49.4 Å². The van der Waals surface area contributed by atoms with Gasteiger partial charge in [-0.3, -0.25) is 4.79 Å². The minimum absolute atomic E-state index is 0.0309. The quantitative estimate of drug-likeness (QED) is 0.848. The molecule has 0 unspecified atom stereocenters. The van der Waals surface area contributed by atoms with Gasteiger partial charge < -0.3 is 14.2 Å². The van der Waals surface area contributed by atoms with Gasteiger partial charge in [-0.2, -0.15) is 0 Å². The van der Waals surface area contributed by atoms with Crippen molar-refractivity contribution in [3.63, 3.8) is 0 Å². The molecule has 0 N–H and O–H groups in total. The third-order valence-corrected chi connectivity index (χ3v) is 4.24. The SMILES string of the molecule is COCc1cnc2n1CCN(C(=O)C1=CCCC1)[C@@H]2C. The first kappa shape index (κ1) is 13.4. The van der Waals surface area contributed by atoms with Crippen LogP contribution in [-0.4, -0.2) is 34.0 Å². The van der Waals surface area contributed by atoms with E-state index in [0.29, 0.717) is 6.61 Å². The largest absolute Gasteiger partial charge is 0.378 e. The number of carbonyl (C=O) groups excluding carboxylic acids is 1. The fourth-order valence-electron chi connectivity index (χ4n) is 3.15. The smallest absolute Gasteiger partial charge is 0.250 e. The molecule has 3 rings (SSSR count). The molecular weight excluding hydrogens is 254 g/mol. The van der Waals surface area contributed by atoms with Crippen LogP contribution < -0.4 is 0 Å². The molecule has 0 fully saturated rings. The number of allylic oxidation sites excluding steroid dienone is 1. The number of ether oxygens (including phenoxy) is 1. The van der Waals surface area contributed by atoms with E-state index in [-0.39, 0.29) is 11.9 Å². The summed E-state index contributed by atoms with van der Waals surface area (Å²) in [6.45, 7) is 4.18. The molecule has 2 aliphatic rings. The second-order valence-electron chi connectivity index (χ2n) is 5.49. The number of imidazole rings is 1. The molecule has 0 spiro atoms. The maximum atomic E-state index is 12.5. The summed E-state index contributed by atoms with van der Waals surface area (Å²) in [5.74, 6) is 1.16. The Kier molecular flexibility index (Phi) is 3.61. The molecule has 0 saturated heterocycles. The van der Waals surface area contributed by atoms with E-state index in [1.807, 2.05) is 11.1 Å². The van der Waals surface area contributed by atoms with Crippen LogP contribution in [0.3, 0.4) is 0 Å². The van der Waals surface area contributed by atoms with Crippen LogP contribution in [0.25, 0.3) is 0 Å². The van der Waals surface area contributed by atoms with Gasteiger partial charge in [0, 0.05) is 25.8 Å². The van der Waals surface area contributed by atoms with Crippen molar-refractivity contribution < 1.29 is 9.53 Å². The topological polar surface area (TPSA) is 47.4 Å². The third kappa shape index (κ3) is 2.16. The van der Waals surface area contributed by atoms with Crippen LogP contribution in [0.15, 0.2) is 17.8 Å². The van der Waals surface area contributed by atoms with Gasteiger partial charge in [0.05, 0.1) is 24.5 Å². The van der Waals surface area contributed by atoms with Crippen molar-refractivity contribution in [2.24, 2.45) is 0 Å². The summed E-state index contributed by atoms with van der Waals surface area (Å²) in [4.78, 5) is 19.0. The molecule has 1 atom stereocenters. The van der Waals surface area contributed by atoms with Gasteiger partial charge in [-0.25, -0.2) is 4.98 Å². The minimum Gasteiger partial charge on any atom is -0.378 e. The molecule has 5 nitrogen and oxygen atoms in total. The monoisotopic (exact) mass is 275 g/mol. The highest BCUT2D eigenvalue weighted by Crippen LogP contribution is 2.29. The van der Waals surface area contributed by atoms with E-state index in [1.54, 1.807) is 7.11 Å². The first-order valence-corrected chi connectivity index (χ1v) is 7.25. The Balaban J connectivity index is 1.82. The molecule has 20 heavy (non-hydrogen) atoms. The molecule has 1 aromatic rings. The molecule has 1 aliphatic heterocycles. The van der Waals surface area contributed by atoms with Crippen molar-refractivity contribution in [2.45, 2.75) is 45.4 Å². The van der Waals surface area contributed by atoms with Gasteiger partial charge >= 0.3 is 0 Å². The van der Waals surface area contributed by atoms with E-state index in [9.17, 15) is 4.79 Å². The summed E-state index contributed by atoms with van der Waals surface area (Å²) in [7, 11) is 1.69. The number of aromatic nitrogens is 2. The zero-order chi connectivity index (χ0) is 14.1. The predicted octanol–water partition coefficient (Wildman–Crippen LogP) is 2.04. The summed E-state index contributed by atoms with van der Waals surface area (Å²) in [6, 6.07) is 0.0309. The van der Waals surface area contributed by atoms with E-state index in [2.05, 4.69) is 22.6 Å². The molecule has 5 heteroatoms. The fourth-order valence-corrected chi connectivity index (χ4v) is 3.15. The van der Waals surface area contributed by atoms with Crippen LogP contribution in [0.5, 0.6) is 0 Å². The molecule has 0 aromatic carbocycles. The van der Waals surface area contributed by atoms with Crippen molar-refractivity contribution in [3.05, 3.63) is 29.4 Å². The lowest BCUT2D eigenvalue weighted by Gasteiger charge is -2.34. The van der Waals surface area contributed by atoms with E-state index < -0.39 is 0 Å². The van der Waals surface area contributed by atoms with Crippen molar-refractivity contribution >= 4 is 5.91 Å². The van der Waals surface area contributed by atoms with E-state index in [4.69, 9.17) is 4.74 Å². The second-order valence-corrected chi connectivity index (χ2v) is 5.49. The lowest BCUT2D eigenvalue weighted by atomic mass is 10.1. The van der Waals surface area contributed by atoms with Crippen LogP contribution in [-0.2, 0) is 22.7 Å². The molecular formula is C15H21N3O2. The Hall–Kier alpha value is -1.62. The molecule has 1 aliphatic carbocycles. The Labute approximate surface area is 119 Å². The predicted molar refractivity (Wildman–Crippen MR) is 75.0 cm³/mol. The minimum atomic E-state index is 0.0309. The van der Waals surface area contributed by atoms with Crippen LogP contribution in [0, 0.1) is 0 Å². The average molecular weight is 275 g/mol. The number of amides is 1. The number of nitrogens with zero attached hydrogens (tertiary/aromatic N) is 3. The summed E-state index contributed by atoms with van der Waals surface area (Å²) in [5.41, 5.74) is 2.07. The number of hydrogen-bond acceptors (Lipinski definition) is 3. The third-order valence-electron chi connectivity index (χ3n) is 4.24. The molecule has 0 radical (unpaired) electrons. The Morgan fingerprint density at radius 2 is 2.35 bits per heavy atom. The van der Waals surface area contributed by atoms with Crippen LogP contribution in [0.2, 0.25) is 0 Å². The van der Waals surface area contributed by atoms with Crippen LogP contribution in [0.4, 0.5) is 0 Å². The summed E-state index contributed by atoms with van der Waals surface area (Å²) < 4.78 is 7.37. The summed E-state index contributed by atoms with van der Waals surface area (Å²) in [6.07, 6.45) is 7.02. The Morgan fingerprint density at radius 1 is 1.50 bits per heavy atom. The standard InChI is InChI=1S/C15H21N3O2/c1-11-14-16-9-13(10-20-2)18(14)8-7-17(11)15(19)12-5-3-4-6-12/h5,9,11H,3-4,6-8,10H2,1-2H3/t11-/m1/s1. The highest BCUT2D eigenvalue weighted by atomic mass is 16.5. The summed E-state index contributed by atoms with van der Waals surface area (Å²) >= 11 is 0. The summed E-state index contributed by atoms with van der Waals surface area (Å²) in [5, 5.41) is 0. The first-order valence-electron chi connectivity index (χ1n) is 7.25. The second kappa shape index (κ2) is 5.40. The number of methoxy groups -OCH3 is 1. The van der Waals surface area contributed by atoms with E-state index in [1.165, 1.54) is 0 Å². The van der Waals surface area contributed by atoms with Crippen molar-refractivity contribution in [1.82, 2.24) is 14.5 Å². The van der Waals surface area contributed by atoms with Crippen molar-refractivity contribution in [1.29, 1.82) is 0 Å². The van der Waals surface area contributed by atoms with Gasteiger partial charge in [0.15, 0.2) is 0 Å². The Bertz CT molecular complexity index is 547. The maximum absolute atomic E-state index is 12.5. The van der Waals surface area contributed by atoms with Gasteiger partial charge in [0.1, 0.15) is 5.82 Å². The number of carbonyl (C=O) groups is 1. The molecule has 1 amide bonds. The van der Waals surface area contributed by atoms with Gasteiger partial charge in [0.2, 0.25) is 5.91 Å².